The summed E-state index contributed by atoms with van der Waals surface area (Å²) in [4.78, 5) is 20.2. The van der Waals surface area contributed by atoms with Crippen LogP contribution in [0.5, 0.6) is 11.5 Å². The Kier molecular flexibility index (Phi) is 3.89. The number of methoxy groups -OCH3 is 2. The van der Waals surface area contributed by atoms with E-state index in [0.29, 0.717) is 22.5 Å². The zero-order chi connectivity index (χ0) is 18.1. The lowest BCUT2D eigenvalue weighted by Crippen LogP contribution is -2.17. The summed E-state index contributed by atoms with van der Waals surface area (Å²) in [6.45, 7) is 0. The van der Waals surface area contributed by atoms with Gasteiger partial charge in [0.05, 0.1) is 20.4 Å². The Bertz CT molecular complexity index is 1190. The Morgan fingerprint density at radius 1 is 1.12 bits per heavy atom. The van der Waals surface area contributed by atoms with Gasteiger partial charge in [-0.15, -0.1) is 0 Å². The number of ether oxygens (including phenoxy) is 2. The van der Waals surface area contributed by atoms with E-state index in [1.807, 2.05) is 30.3 Å². The number of hydrogen-bond donors (Lipinski definition) is 1. The Labute approximate surface area is 148 Å². The highest BCUT2D eigenvalue weighted by Crippen LogP contribution is 2.27. The summed E-state index contributed by atoms with van der Waals surface area (Å²) in [7, 11) is 3.14. The van der Waals surface area contributed by atoms with Gasteiger partial charge in [0.25, 0.3) is 5.56 Å². The predicted molar refractivity (Wildman–Crippen MR) is 100 cm³/mol. The first kappa shape index (κ1) is 15.9. The van der Waals surface area contributed by atoms with E-state index in [0.717, 1.165) is 16.5 Å². The molecule has 2 aromatic carbocycles. The van der Waals surface area contributed by atoms with Crippen molar-refractivity contribution < 1.29 is 9.47 Å². The molecule has 0 amide bonds. The number of para-hydroxylation sites is 1. The first-order valence-corrected chi connectivity index (χ1v) is 7.95. The molecule has 130 valence electrons. The third-order valence-electron chi connectivity index (χ3n) is 4.14. The van der Waals surface area contributed by atoms with Crippen molar-refractivity contribution in [1.82, 2.24) is 14.6 Å². The highest BCUT2D eigenvalue weighted by Gasteiger charge is 2.10. The van der Waals surface area contributed by atoms with Gasteiger partial charge in [-0.05, 0) is 29.8 Å². The molecule has 0 radical (unpaired) electrons. The number of aromatic nitrogens is 3. The minimum Gasteiger partial charge on any atom is -0.493 e. The van der Waals surface area contributed by atoms with Crippen LogP contribution in [0.1, 0.15) is 5.56 Å². The molecule has 0 aliphatic rings. The fraction of sp³-hybridized carbons (Fsp3) is 0.105. The molecule has 0 spiro atoms. The van der Waals surface area contributed by atoms with E-state index in [9.17, 15) is 4.79 Å². The summed E-state index contributed by atoms with van der Waals surface area (Å²) in [6, 6.07) is 13.0. The SMILES string of the molecule is COc1ccc(/C=N\n2cnc3c([nH]c4ccccc43)c2=O)cc1OC. The molecule has 0 fully saturated rings. The number of fused-ring (bicyclic) bond motifs is 3. The van der Waals surface area contributed by atoms with Crippen molar-refractivity contribution in [2.75, 3.05) is 14.2 Å². The number of nitrogens with zero attached hydrogens (tertiary/aromatic N) is 3. The first-order chi connectivity index (χ1) is 12.7. The largest absolute Gasteiger partial charge is 0.493 e. The summed E-state index contributed by atoms with van der Waals surface area (Å²) in [6.07, 6.45) is 2.99. The van der Waals surface area contributed by atoms with Crippen LogP contribution in [0.25, 0.3) is 21.9 Å². The van der Waals surface area contributed by atoms with E-state index >= 15 is 0 Å². The van der Waals surface area contributed by atoms with E-state index in [2.05, 4.69) is 15.1 Å². The standard InChI is InChI=1S/C19H16N4O3/c1-25-15-8-7-12(9-16(15)26-2)10-21-23-11-20-17-13-5-3-4-6-14(13)22-18(17)19(23)24/h3-11,22H,1-2H3/b21-10-. The molecule has 2 heterocycles. The van der Waals surface area contributed by atoms with Crippen LogP contribution in [0, 0.1) is 0 Å². The Hall–Kier alpha value is -3.61. The van der Waals surface area contributed by atoms with Crippen molar-refractivity contribution in [2.24, 2.45) is 5.10 Å². The van der Waals surface area contributed by atoms with Crippen molar-refractivity contribution in [3.63, 3.8) is 0 Å². The van der Waals surface area contributed by atoms with Gasteiger partial charge in [0.2, 0.25) is 0 Å². The second-order valence-electron chi connectivity index (χ2n) is 5.65. The fourth-order valence-electron chi connectivity index (χ4n) is 2.84. The molecule has 4 aromatic rings. The van der Waals surface area contributed by atoms with Gasteiger partial charge in [-0.25, -0.2) is 4.98 Å². The zero-order valence-electron chi connectivity index (χ0n) is 14.3. The molecule has 7 heteroatoms. The van der Waals surface area contributed by atoms with Gasteiger partial charge in [0.15, 0.2) is 11.5 Å². The third-order valence-corrected chi connectivity index (χ3v) is 4.14. The van der Waals surface area contributed by atoms with Crippen molar-refractivity contribution >= 4 is 28.2 Å². The van der Waals surface area contributed by atoms with Gasteiger partial charge < -0.3 is 14.5 Å². The van der Waals surface area contributed by atoms with Crippen LogP contribution in [-0.4, -0.2) is 35.1 Å². The molecule has 0 saturated heterocycles. The molecule has 0 unspecified atom stereocenters. The topological polar surface area (TPSA) is 81.5 Å². The summed E-state index contributed by atoms with van der Waals surface area (Å²) in [5, 5.41) is 5.14. The second kappa shape index (κ2) is 6.36. The van der Waals surface area contributed by atoms with Crippen LogP contribution >= 0.6 is 0 Å². The molecule has 2 aromatic heterocycles. The Morgan fingerprint density at radius 3 is 2.73 bits per heavy atom. The maximum absolute atomic E-state index is 12.7. The molecule has 26 heavy (non-hydrogen) atoms. The molecule has 7 nitrogen and oxygen atoms in total. The lowest BCUT2D eigenvalue weighted by Gasteiger charge is -2.07. The number of aromatic amines is 1. The summed E-state index contributed by atoms with van der Waals surface area (Å²) in [5.41, 5.74) is 2.45. The summed E-state index contributed by atoms with van der Waals surface area (Å²) < 4.78 is 11.7. The number of benzene rings is 2. The molecule has 1 N–H and O–H groups in total. The molecular formula is C19H16N4O3. The van der Waals surface area contributed by atoms with Gasteiger partial charge >= 0.3 is 0 Å². The second-order valence-corrected chi connectivity index (χ2v) is 5.65. The quantitative estimate of drug-likeness (QED) is 0.575. The van der Waals surface area contributed by atoms with Crippen LogP contribution in [0.15, 0.2) is 58.7 Å². The number of H-pyrrole nitrogens is 1. The van der Waals surface area contributed by atoms with E-state index in [1.165, 1.54) is 11.0 Å². The van der Waals surface area contributed by atoms with Crippen LogP contribution in [0.3, 0.4) is 0 Å². The van der Waals surface area contributed by atoms with Gasteiger partial charge in [0.1, 0.15) is 17.4 Å². The Morgan fingerprint density at radius 2 is 1.92 bits per heavy atom. The van der Waals surface area contributed by atoms with Gasteiger partial charge in [-0.3, -0.25) is 4.79 Å². The lowest BCUT2D eigenvalue weighted by molar-refractivity contribution is 0.355. The van der Waals surface area contributed by atoms with Gasteiger partial charge in [-0.1, -0.05) is 18.2 Å². The van der Waals surface area contributed by atoms with Crippen LogP contribution in [0.4, 0.5) is 0 Å². The molecule has 4 rings (SSSR count). The molecule has 0 aliphatic carbocycles. The van der Waals surface area contributed by atoms with E-state index in [1.54, 1.807) is 32.6 Å². The summed E-state index contributed by atoms with van der Waals surface area (Å²) in [5.74, 6) is 1.22. The molecule has 0 aliphatic heterocycles. The van der Waals surface area contributed by atoms with E-state index < -0.39 is 0 Å². The smallest absolute Gasteiger partial charge is 0.298 e. The Balaban J connectivity index is 1.75. The third kappa shape index (κ3) is 2.59. The van der Waals surface area contributed by atoms with Crippen LogP contribution in [0.2, 0.25) is 0 Å². The summed E-state index contributed by atoms with van der Waals surface area (Å²) >= 11 is 0. The number of hydrogen-bond acceptors (Lipinski definition) is 5. The van der Waals surface area contributed by atoms with E-state index in [-0.39, 0.29) is 5.56 Å². The average molecular weight is 348 g/mol. The van der Waals surface area contributed by atoms with Crippen molar-refractivity contribution in [2.45, 2.75) is 0 Å². The normalized spacial score (nSPS) is 11.5. The average Bonchev–Trinajstić information content (AvgIpc) is 3.07. The molecular weight excluding hydrogens is 332 g/mol. The fourth-order valence-corrected chi connectivity index (χ4v) is 2.84. The molecule has 0 bridgehead atoms. The number of rotatable bonds is 4. The lowest BCUT2D eigenvalue weighted by atomic mass is 10.2. The number of nitrogens with one attached hydrogen (secondary N) is 1. The predicted octanol–water partition coefficient (Wildman–Crippen LogP) is 2.78. The highest BCUT2D eigenvalue weighted by atomic mass is 16.5. The van der Waals surface area contributed by atoms with Crippen LogP contribution < -0.4 is 15.0 Å². The maximum atomic E-state index is 12.7. The molecule has 0 atom stereocenters. The minimum atomic E-state index is -0.261. The molecule has 0 saturated carbocycles. The first-order valence-electron chi connectivity index (χ1n) is 7.95. The van der Waals surface area contributed by atoms with Crippen molar-refractivity contribution in [3.8, 4) is 11.5 Å². The van der Waals surface area contributed by atoms with Gasteiger partial charge in [0, 0.05) is 10.9 Å². The van der Waals surface area contributed by atoms with Crippen LogP contribution in [-0.2, 0) is 0 Å². The highest BCUT2D eigenvalue weighted by molar-refractivity contribution is 6.04. The minimum absolute atomic E-state index is 0.261. The monoisotopic (exact) mass is 348 g/mol. The maximum Gasteiger partial charge on any atom is 0.298 e. The van der Waals surface area contributed by atoms with Crippen molar-refractivity contribution in [3.05, 3.63) is 64.7 Å². The van der Waals surface area contributed by atoms with Gasteiger partial charge in [-0.2, -0.15) is 9.78 Å². The zero-order valence-corrected chi connectivity index (χ0v) is 14.3. The van der Waals surface area contributed by atoms with E-state index in [4.69, 9.17) is 9.47 Å². The van der Waals surface area contributed by atoms with Crippen molar-refractivity contribution in [1.29, 1.82) is 0 Å².